The zero-order valence-electron chi connectivity index (χ0n) is 12.6. The van der Waals surface area contributed by atoms with Crippen LogP contribution in [0.4, 0.5) is 13.2 Å². The number of likely N-dealkylation sites (tertiary alicyclic amines) is 1. The highest BCUT2D eigenvalue weighted by Gasteiger charge is 2.36. The van der Waals surface area contributed by atoms with Gasteiger partial charge in [0.15, 0.2) is 6.10 Å². The van der Waals surface area contributed by atoms with Crippen LogP contribution in [0.25, 0.3) is 0 Å². The summed E-state index contributed by atoms with van der Waals surface area (Å²) in [5, 5.41) is 10.1. The molecule has 1 atom stereocenters. The van der Waals surface area contributed by atoms with E-state index < -0.39 is 23.8 Å². The van der Waals surface area contributed by atoms with Gasteiger partial charge in [0, 0.05) is 31.4 Å². The van der Waals surface area contributed by atoms with Gasteiger partial charge in [-0.1, -0.05) is 18.2 Å². The van der Waals surface area contributed by atoms with Crippen LogP contribution in [-0.4, -0.2) is 34.0 Å². The fraction of sp³-hybridized carbons (Fsp3) is 0.294. The number of hydrogen-bond donors (Lipinski definition) is 1. The Labute approximate surface area is 136 Å². The third-order valence-corrected chi connectivity index (χ3v) is 4.14. The summed E-state index contributed by atoms with van der Waals surface area (Å²) in [4.78, 5) is 17.7. The molecule has 1 fully saturated rings. The van der Waals surface area contributed by atoms with Crippen molar-refractivity contribution in [3.05, 3.63) is 65.5 Å². The second-order valence-corrected chi connectivity index (χ2v) is 5.75. The van der Waals surface area contributed by atoms with Gasteiger partial charge in [-0.2, -0.15) is 13.2 Å². The molecule has 1 N–H and O–H groups in total. The van der Waals surface area contributed by atoms with Crippen LogP contribution in [-0.2, 0) is 11.0 Å². The zero-order valence-corrected chi connectivity index (χ0v) is 12.6. The van der Waals surface area contributed by atoms with Crippen molar-refractivity contribution in [3.8, 4) is 0 Å². The Balaban J connectivity index is 1.62. The lowest BCUT2D eigenvalue weighted by Crippen LogP contribution is -2.50. The molecular formula is C17H15F3N2O2. The van der Waals surface area contributed by atoms with E-state index >= 15 is 0 Å². The predicted molar refractivity (Wildman–Crippen MR) is 80.0 cm³/mol. The summed E-state index contributed by atoms with van der Waals surface area (Å²) in [6.45, 7) is 0.921. The number of aliphatic hydroxyl groups excluding tert-OH is 1. The number of aromatic nitrogens is 1. The molecular weight excluding hydrogens is 321 g/mol. The molecule has 2 aromatic rings. The van der Waals surface area contributed by atoms with Gasteiger partial charge in [0.2, 0.25) is 0 Å². The average molecular weight is 336 g/mol. The Morgan fingerprint density at radius 3 is 2.42 bits per heavy atom. The van der Waals surface area contributed by atoms with Gasteiger partial charge in [0.05, 0.1) is 5.56 Å². The highest BCUT2D eigenvalue weighted by molar-refractivity contribution is 5.83. The van der Waals surface area contributed by atoms with Crippen LogP contribution in [0.5, 0.6) is 0 Å². The van der Waals surface area contributed by atoms with Crippen LogP contribution >= 0.6 is 0 Å². The lowest BCUT2D eigenvalue weighted by molar-refractivity contribution is -0.145. The largest absolute Gasteiger partial charge is 0.416 e. The molecule has 126 valence electrons. The highest BCUT2D eigenvalue weighted by atomic mass is 19.4. The average Bonchev–Trinajstić information content (AvgIpc) is 2.53. The third-order valence-electron chi connectivity index (χ3n) is 4.14. The first-order chi connectivity index (χ1) is 11.4. The maximum Gasteiger partial charge on any atom is 0.416 e. The van der Waals surface area contributed by atoms with E-state index in [-0.39, 0.29) is 11.5 Å². The monoisotopic (exact) mass is 336 g/mol. The molecule has 1 aromatic heterocycles. The van der Waals surface area contributed by atoms with Crippen molar-refractivity contribution >= 4 is 5.91 Å². The van der Waals surface area contributed by atoms with E-state index in [0.29, 0.717) is 13.1 Å². The predicted octanol–water partition coefficient (Wildman–Crippen LogP) is 2.76. The van der Waals surface area contributed by atoms with Crippen LogP contribution in [0.3, 0.4) is 0 Å². The van der Waals surface area contributed by atoms with E-state index in [1.54, 1.807) is 12.4 Å². The van der Waals surface area contributed by atoms with Gasteiger partial charge in [0.1, 0.15) is 0 Å². The molecule has 1 amide bonds. The molecule has 1 aliphatic rings. The Morgan fingerprint density at radius 1 is 1.21 bits per heavy atom. The lowest BCUT2D eigenvalue weighted by atomic mass is 9.91. The molecule has 1 aromatic carbocycles. The van der Waals surface area contributed by atoms with Crippen molar-refractivity contribution in [1.82, 2.24) is 9.88 Å². The number of nitrogens with zero attached hydrogens (tertiary/aromatic N) is 2. The van der Waals surface area contributed by atoms with E-state index in [4.69, 9.17) is 0 Å². The molecule has 0 bridgehead atoms. The summed E-state index contributed by atoms with van der Waals surface area (Å²) in [6, 6.07) is 7.72. The summed E-state index contributed by atoms with van der Waals surface area (Å²) in [5.74, 6) is -0.336. The first kappa shape index (κ1) is 16.4. The standard InChI is InChI=1S/C17H15F3N2O2/c18-17(19,20)14-5-3-11(4-6-14)15(23)16(24)22-9-13(10-22)12-2-1-7-21-8-12/h1-8,13,15,23H,9-10H2/t15-/m1/s1. The maximum atomic E-state index is 12.5. The van der Waals surface area contributed by atoms with Crippen molar-refractivity contribution in [2.45, 2.75) is 18.2 Å². The van der Waals surface area contributed by atoms with Gasteiger partial charge < -0.3 is 10.0 Å². The molecule has 0 radical (unpaired) electrons. The second-order valence-electron chi connectivity index (χ2n) is 5.75. The fourth-order valence-corrected chi connectivity index (χ4v) is 2.66. The van der Waals surface area contributed by atoms with E-state index in [1.807, 2.05) is 12.1 Å². The number of rotatable bonds is 3. The van der Waals surface area contributed by atoms with Crippen molar-refractivity contribution < 1.29 is 23.1 Å². The number of pyridine rings is 1. The minimum absolute atomic E-state index is 0.151. The van der Waals surface area contributed by atoms with Crippen LogP contribution < -0.4 is 0 Å². The smallest absolute Gasteiger partial charge is 0.378 e. The molecule has 1 aliphatic heterocycles. The lowest BCUT2D eigenvalue weighted by Gasteiger charge is -2.40. The molecule has 0 aliphatic carbocycles. The van der Waals surface area contributed by atoms with Crippen LogP contribution in [0.15, 0.2) is 48.8 Å². The van der Waals surface area contributed by atoms with Crippen molar-refractivity contribution in [2.24, 2.45) is 0 Å². The minimum Gasteiger partial charge on any atom is -0.378 e. The van der Waals surface area contributed by atoms with Gasteiger partial charge in [-0.25, -0.2) is 0 Å². The highest BCUT2D eigenvalue weighted by Crippen LogP contribution is 2.32. The molecule has 2 heterocycles. The fourth-order valence-electron chi connectivity index (χ4n) is 2.66. The Hall–Kier alpha value is -2.41. The molecule has 3 rings (SSSR count). The summed E-state index contributed by atoms with van der Waals surface area (Å²) < 4.78 is 37.6. The molecule has 0 saturated carbocycles. The number of alkyl halides is 3. The van der Waals surface area contributed by atoms with Gasteiger partial charge in [-0.3, -0.25) is 9.78 Å². The Morgan fingerprint density at radius 2 is 1.88 bits per heavy atom. The van der Waals surface area contributed by atoms with Gasteiger partial charge in [0.25, 0.3) is 5.91 Å². The Bertz CT molecular complexity index is 711. The third kappa shape index (κ3) is 3.26. The van der Waals surface area contributed by atoms with Gasteiger partial charge in [-0.05, 0) is 29.3 Å². The minimum atomic E-state index is -4.44. The SMILES string of the molecule is O=C([C@H](O)c1ccc(C(F)(F)F)cc1)N1CC(c2cccnc2)C1. The first-order valence-corrected chi connectivity index (χ1v) is 7.40. The zero-order chi connectivity index (χ0) is 17.3. The van der Waals surface area contributed by atoms with Crippen molar-refractivity contribution in [1.29, 1.82) is 0 Å². The summed E-state index contributed by atoms with van der Waals surface area (Å²) in [7, 11) is 0. The number of amides is 1. The van der Waals surface area contributed by atoms with Crippen LogP contribution in [0.1, 0.15) is 28.7 Å². The summed E-state index contributed by atoms with van der Waals surface area (Å²) >= 11 is 0. The number of carbonyl (C=O) groups is 1. The van der Waals surface area contributed by atoms with Gasteiger partial charge >= 0.3 is 6.18 Å². The number of halogens is 3. The summed E-state index contributed by atoms with van der Waals surface area (Å²) in [5.41, 5.74) is 0.356. The molecule has 0 spiro atoms. The molecule has 24 heavy (non-hydrogen) atoms. The number of benzene rings is 1. The maximum absolute atomic E-state index is 12.5. The van der Waals surface area contributed by atoms with Crippen molar-refractivity contribution in [2.75, 3.05) is 13.1 Å². The topological polar surface area (TPSA) is 53.4 Å². The van der Waals surface area contributed by atoms with E-state index in [9.17, 15) is 23.1 Å². The first-order valence-electron chi connectivity index (χ1n) is 7.40. The number of hydrogen-bond acceptors (Lipinski definition) is 3. The van der Waals surface area contributed by atoms with Crippen LogP contribution in [0, 0.1) is 0 Å². The van der Waals surface area contributed by atoms with E-state index in [1.165, 1.54) is 4.90 Å². The normalized spacial score (nSPS) is 16.6. The molecule has 0 unspecified atom stereocenters. The number of aliphatic hydroxyl groups is 1. The van der Waals surface area contributed by atoms with E-state index in [2.05, 4.69) is 4.98 Å². The van der Waals surface area contributed by atoms with Gasteiger partial charge in [-0.15, -0.1) is 0 Å². The van der Waals surface area contributed by atoms with Crippen molar-refractivity contribution in [3.63, 3.8) is 0 Å². The van der Waals surface area contributed by atoms with E-state index in [0.717, 1.165) is 29.8 Å². The molecule has 7 heteroatoms. The quantitative estimate of drug-likeness (QED) is 0.938. The molecule has 1 saturated heterocycles. The summed E-state index contributed by atoms with van der Waals surface area (Å²) in [6.07, 6.45) is -2.50. The van der Waals surface area contributed by atoms with Crippen LogP contribution in [0.2, 0.25) is 0 Å². The number of carbonyl (C=O) groups excluding carboxylic acids is 1. The Kier molecular flexibility index (Phi) is 4.28. The molecule has 4 nitrogen and oxygen atoms in total. The second kappa shape index (κ2) is 6.24.